The van der Waals surface area contributed by atoms with Crippen molar-refractivity contribution in [2.75, 3.05) is 0 Å². The first-order chi connectivity index (χ1) is 9.30. The number of benzene rings is 1. The molecular formula is C12H10F6O3. The minimum atomic E-state index is -6.05. The van der Waals surface area contributed by atoms with Gasteiger partial charge in [-0.05, 0) is 18.6 Å². The van der Waals surface area contributed by atoms with Gasteiger partial charge >= 0.3 is 18.3 Å². The Morgan fingerprint density at radius 1 is 1.10 bits per heavy atom. The zero-order chi connectivity index (χ0) is 16.6. The van der Waals surface area contributed by atoms with Gasteiger partial charge in [0.05, 0.1) is 0 Å². The van der Waals surface area contributed by atoms with E-state index in [2.05, 4.69) is 4.74 Å². The highest BCUT2D eigenvalue weighted by Crippen LogP contribution is 2.52. The van der Waals surface area contributed by atoms with Crippen LogP contribution in [0.1, 0.15) is 18.1 Å². The van der Waals surface area contributed by atoms with Crippen LogP contribution in [0.3, 0.4) is 0 Å². The lowest BCUT2D eigenvalue weighted by atomic mass is 9.90. The minimum absolute atomic E-state index is 0.252. The first-order valence-electron chi connectivity index (χ1n) is 5.46. The van der Waals surface area contributed by atoms with Crippen LogP contribution in [0.15, 0.2) is 18.2 Å². The van der Waals surface area contributed by atoms with Gasteiger partial charge in [-0.2, -0.15) is 26.3 Å². The minimum Gasteiger partial charge on any atom is -0.426 e. The van der Waals surface area contributed by atoms with Crippen LogP contribution in [0.4, 0.5) is 26.3 Å². The summed E-state index contributed by atoms with van der Waals surface area (Å²) >= 11 is 0. The Balaban J connectivity index is 3.64. The molecule has 0 radical (unpaired) electrons. The van der Waals surface area contributed by atoms with Crippen LogP contribution in [-0.2, 0) is 10.4 Å². The van der Waals surface area contributed by atoms with Gasteiger partial charge in [-0.25, -0.2) is 0 Å². The van der Waals surface area contributed by atoms with Gasteiger partial charge in [-0.15, -0.1) is 0 Å². The smallest absolute Gasteiger partial charge is 0.426 e. The number of hydrogen-bond donors (Lipinski definition) is 1. The van der Waals surface area contributed by atoms with E-state index in [1.165, 1.54) is 6.92 Å². The molecular weight excluding hydrogens is 306 g/mol. The van der Waals surface area contributed by atoms with Crippen molar-refractivity contribution in [2.45, 2.75) is 31.8 Å². The van der Waals surface area contributed by atoms with E-state index in [9.17, 15) is 36.2 Å². The molecule has 0 aromatic heterocycles. The molecule has 1 rings (SSSR count). The van der Waals surface area contributed by atoms with Crippen molar-refractivity contribution in [3.05, 3.63) is 29.3 Å². The number of hydrogen-bond acceptors (Lipinski definition) is 3. The van der Waals surface area contributed by atoms with Crippen molar-refractivity contribution in [2.24, 2.45) is 0 Å². The van der Waals surface area contributed by atoms with Crippen molar-refractivity contribution >= 4 is 5.97 Å². The fraction of sp³-hybridized carbons (Fsp3) is 0.417. The van der Waals surface area contributed by atoms with E-state index in [0.29, 0.717) is 6.07 Å². The molecule has 118 valence electrons. The van der Waals surface area contributed by atoms with Gasteiger partial charge in [0.2, 0.25) is 0 Å². The average Bonchev–Trinajstić information content (AvgIpc) is 2.24. The van der Waals surface area contributed by atoms with Crippen LogP contribution in [-0.4, -0.2) is 23.4 Å². The first kappa shape index (κ1) is 17.3. The van der Waals surface area contributed by atoms with E-state index in [1.54, 1.807) is 0 Å². The Kier molecular flexibility index (Phi) is 4.29. The van der Waals surface area contributed by atoms with Gasteiger partial charge in [0.25, 0.3) is 5.60 Å². The summed E-state index contributed by atoms with van der Waals surface area (Å²) in [7, 11) is 0. The highest BCUT2D eigenvalue weighted by Gasteiger charge is 2.72. The number of aryl methyl sites for hydroxylation is 1. The van der Waals surface area contributed by atoms with E-state index in [0.717, 1.165) is 19.1 Å². The summed E-state index contributed by atoms with van der Waals surface area (Å²) in [6, 6.07) is 2.17. The first-order valence-corrected chi connectivity index (χ1v) is 5.46. The predicted octanol–water partition coefficient (Wildman–Crippen LogP) is 3.23. The lowest BCUT2D eigenvalue weighted by Crippen LogP contribution is -2.54. The molecule has 9 heteroatoms. The van der Waals surface area contributed by atoms with Crippen molar-refractivity contribution in [3.8, 4) is 5.75 Å². The van der Waals surface area contributed by atoms with Crippen LogP contribution in [0.5, 0.6) is 5.75 Å². The average molecular weight is 316 g/mol. The molecule has 1 aromatic rings. The maximum absolute atomic E-state index is 12.8. The maximum atomic E-state index is 12.8. The zero-order valence-corrected chi connectivity index (χ0v) is 10.8. The standard InChI is InChI=1S/C12H10F6O3/c1-6-3-4-8(9(5-6)21-7(2)19)10(20,11(13,14)15)12(16,17)18/h3-5,20H,1-2H3. The second-order valence-corrected chi connectivity index (χ2v) is 4.30. The molecule has 0 aliphatic carbocycles. The van der Waals surface area contributed by atoms with Crippen molar-refractivity contribution < 1.29 is 41.0 Å². The Morgan fingerprint density at radius 2 is 1.57 bits per heavy atom. The molecule has 0 atom stereocenters. The fourth-order valence-electron chi connectivity index (χ4n) is 1.63. The monoisotopic (exact) mass is 316 g/mol. The summed E-state index contributed by atoms with van der Waals surface area (Å²) in [5, 5.41) is 9.30. The lowest BCUT2D eigenvalue weighted by molar-refractivity contribution is -0.376. The molecule has 0 unspecified atom stereocenters. The Morgan fingerprint density at radius 3 is 1.95 bits per heavy atom. The van der Waals surface area contributed by atoms with E-state index in [1.807, 2.05) is 0 Å². The van der Waals surface area contributed by atoms with E-state index >= 15 is 0 Å². The summed E-state index contributed by atoms with van der Waals surface area (Å²) in [6.45, 7) is 2.18. The third-order valence-electron chi connectivity index (χ3n) is 2.60. The van der Waals surface area contributed by atoms with Crippen molar-refractivity contribution in [1.82, 2.24) is 0 Å². The molecule has 0 aliphatic rings. The van der Waals surface area contributed by atoms with Gasteiger partial charge in [-0.1, -0.05) is 12.1 Å². The largest absolute Gasteiger partial charge is 0.430 e. The third-order valence-corrected chi connectivity index (χ3v) is 2.60. The Bertz CT molecular complexity index is 533. The van der Waals surface area contributed by atoms with Crippen LogP contribution < -0.4 is 4.74 Å². The molecule has 1 N–H and O–H groups in total. The van der Waals surface area contributed by atoms with Crippen LogP contribution in [0.25, 0.3) is 0 Å². The number of carbonyl (C=O) groups is 1. The van der Waals surface area contributed by atoms with E-state index in [4.69, 9.17) is 0 Å². The SMILES string of the molecule is CC(=O)Oc1cc(C)ccc1C(O)(C(F)(F)F)C(F)(F)F. The lowest BCUT2D eigenvalue weighted by Gasteiger charge is -2.33. The summed E-state index contributed by atoms with van der Waals surface area (Å²) in [4.78, 5) is 10.8. The topological polar surface area (TPSA) is 46.5 Å². The van der Waals surface area contributed by atoms with Crippen molar-refractivity contribution in [1.29, 1.82) is 0 Å². The third kappa shape index (κ3) is 3.12. The Labute approximate surface area is 115 Å². The van der Waals surface area contributed by atoms with Gasteiger partial charge in [-0.3, -0.25) is 4.79 Å². The maximum Gasteiger partial charge on any atom is 0.430 e. The van der Waals surface area contributed by atoms with E-state index < -0.39 is 35.2 Å². The normalized spacial score (nSPS) is 13.2. The van der Waals surface area contributed by atoms with Gasteiger partial charge in [0.15, 0.2) is 0 Å². The van der Waals surface area contributed by atoms with Gasteiger partial charge < -0.3 is 9.84 Å². The number of esters is 1. The number of alkyl halides is 6. The highest BCUT2D eigenvalue weighted by atomic mass is 19.4. The number of rotatable bonds is 2. The number of carbonyl (C=O) groups excluding carboxylic acids is 1. The molecule has 1 aromatic carbocycles. The summed E-state index contributed by atoms with van der Waals surface area (Å²) < 4.78 is 81.1. The Hall–Kier alpha value is -1.77. The molecule has 0 amide bonds. The molecule has 0 bridgehead atoms. The number of ether oxygens (including phenoxy) is 1. The quantitative estimate of drug-likeness (QED) is 0.518. The predicted molar refractivity (Wildman–Crippen MR) is 58.5 cm³/mol. The van der Waals surface area contributed by atoms with Gasteiger partial charge in [0, 0.05) is 12.5 Å². The molecule has 0 spiro atoms. The fourth-order valence-corrected chi connectivity index (χ4v) is 1.63. The highest BCUT2D eigenvalue weighted by molar-refractivity contribution is 5.70. The molecule has 21 heavy (non-hydrogen) atoms. The molecule has 0 saturated carbocycles. The summed E-state index contributed by atoms with van der Waals surface area (Å²) in [5.41, 5.74) is -6.48. The van der Waals surface area contributed by atoms with E-state index in [-0.39, 0.29) is 5.56 Å². The van der Waals surface area contributed by atoms with Crippen LogP contribution in [0.2, 0.25) is 0 Å². The molecule has 0 fully saturated rings. The number of halogens is 6. The van der Waals surface area contributed by atoms with Crippen molar-refractivity contribution in [3.63, 3.8) is 0 Å². The summed E-state index contributed by atoms with van der Waals surface area (Å²) in [5.74, 6) is -2.12. The number of aliphatic hydroxyl groups is 1. The van der Waals surface area contributed by atoms with Crippen LogP contribution >= 0.6 is 0 Å². The molecule has 0 heterocycles. The molecule has 0 aliphatic heterocycles. The summed E-state index contributed by atoms with van der Waals surface area (Å²) in [6.07, 6.45) is -12.1. The molecule has 0 saturated heterocycles. The second kappa shape index (κ2) is 5.21. The van der Waals surface area contributed by atoms with Crippen LogP contribution in [0, 0.1) is 6.92 Å². The second-order valence-electron chi connectivity index (χ2n) is 4.30. The van der Waals surface area contributed by atoms with Gasteiger partial charge in [0.1, 0.15) is 5.75 Å². The zero-order valence-electron chi connectivity index (χ0n) is 10.8. The molecule has 3 nitrogen and oxygen atoms in total.